The normalized spacial score (nSPS) is 17.6. The first-order valence-corrected chi connectivity index (χ1v) is 7.34. The Bertz CT molecular complexity index is 461. The van der Waals surface area contributed by atoms with E-state index < -0.39 is 8.25 Å². The zero-order valence-corrected chi connectivity index (χ0v) is 11.5. The highest BCUT2D eigenvalue weighted by Crippen LogP contribution is 2.35. The first-order chi connectivity index (χ1) is 8.58. The number of aryl methyl sites for hydroxylation is 1. The van der Waals surface area contributed by atoms with E-state index in [9.17, 15) is 4.57 Å². The zero-order valence-electron chi connectivity index (χ0n) is 10.6. The van der Waals surface area contributed by atoms with E-state index in [-0.39, 0.29) is 11.4 Å². The fourth-order valence-electron chi connectivity index (χ4n) is 2.38. The van der Waals surface area contributed by atoms with E-state index in [0.717, 1.165) is 37.1 Å². The monoisotopic (exact) mass is 269 g/mol. The number of hydrogen-bond donors (Lipinski definition) is 2. The van der Waals surface area contributed by atoms with Crippen LogP contribution in [-0.4, -0.2) is 15.4 Å². The first kappa shape index (κ1) is 13.2. The van der Waals surface area contributed by atoms with Crippen molar-refractivity contribution in [3.63, 3.8) is 0 Å². The van der Waals surface area contributed by atoms with E-state index >= 15 is 0 Å². The molecule has 18 heavy (non-hydrogen) atoms. The van der Waals surface area contributed by atoms with Gasteiger partial charge in [-0.3, -0.25) is 0 Å². The van der Waals surface area contributed by atoms with Gasteiger partial charge in [-0.25, -0.2) is 4.52 Å². The summed E-state index contributed by atoms with van der Waals surface area (Å²) in [4.78, 5) is 13.0. The predicted octanol–water partition coefficient (Wildman–Crippen LogP) is 3.03. The smallest absolute Gasteiger partial charge is 0.364 e. The molecular weight excluding hydrogens is 251 g/mol. The number of nitrogens with zero attached hydrogens (tertiary/aromatic N) is 1. The molecule has 2 heterocycles. The molecule has 1 unspecified atom stereocenters. The van der Waals surface area contributed by atoms with Crippen LogP contribution in [0, 0.1) is 0 Å². The molecule has 0 bridgehead atoms. The van der Waals surface area contributed by atoms with Gasteiger partial charge in [-0.15, -0.1) is 4.89 Å². The van der Waals surface area contributed by atoms with E-state index in [1.54, 1.807) is 6.07 Å². The van der Waals surface area contributed by atoms with Crippen LogP contribution in [0.2, 0.25) is 0 Å². The Morgan fingerprint density at radius 2 is 2.22 bits per heavy atom. The van der Waals surface area contributed by atoms with Crippen molar-refractivity contribution >= 4 is 14.1 Å². The molecule has 1 aromatic heterocycles. The fourth-order valence-corrected chi connectivity index (χ4v) is 2.64. The van der Waals surface area contributed by atoms with Crippen LogP contribution in [0.4, 0.5) is 5.82 Å². The third-order valence-corrected chi connectivity index (χ3v) is 4.08. The van der Waals surface area contributed by atoms with Gasteiger partial charge in [0.1, 0.15) is 5.82 Å². The van der Waals surface area contributed by atoms with Crippen LogP contribution in [0.1, 0.15) is 38.7 Å². The molecule has 2 N–H and O–H groups in total. The minimum atomic E-state index is -2.66. The average molecular weight is 269 g/mol. The maximum Gasteiger partial charge on any atom is 0.749 e. The van der Waals surface area contributed by atoms with Crippen LogP contribution in [0.5, 0.6) is 5.88 Å². The predicted molar refractivity (Wildman–Crippen MR) is 69.9 cm³/mol. The molecule has 1 atom stereocenters. The SMILES string of the molecule is CCC1(CC)CCc2ccc(O[P+](=O)O)nc2N1. The first-order valence-electron chi connectivity index (χ1n) is 6.21. The number of aromatic nitrogens is 1. The second-order valence-corrected chi connectivity index (χ2v) is 5.26. The second kappa shape index (κ2) is 5.21. The Morgan fingerprint density at radius 3 is 2.83 bits per heavy atom. The number of rotatable bonds is 4. The maximum atomic E-state index is 10.6. The molecule has 0 aromatic carbocycles. The van der Waals surface area contributed by atoms with Gasteiger partial charge in [-0.1, -0.05) is 13.8 Å². The van der Waals surface area contributed by atoms with E-state index in [2.05, 4.69) is 24.1 Å². The molecule has 0 amide bonds. The molecule has 0 spiro atoms. The van der Waals surface area contributed by atoms with Crippen molar-refractivity contribution in [3.8, 4) is 5.88 Å². The minimum Gasteiger partial charge on any atom is -0.364 e. The van der Waals surface area contributed by atoms with Gasteiger partial charge in [0.2, 0.25) is 0 Å². The summed E-state index contributed by atoms with van der Waals surface area (Å²) < 4.78 is 15.4. The maximum absolute atomic E-state index is 10.6. The van der Waals surface area contributed by atoms with Crippen molar-refractivity contribution in [1.82, 2.24) is 4.98 Å². The van der Waals surface area contributed by atoms with E-state index in [4.69, 9.17) is 9.42 Å². The van der Waals surface area contributed by atoms with Gasteiger partial charge in [0.15, 0.2) is 0 Å². The molecule has 1 aliphatic rings. The number of pyridine rings is 1. The van der Waals surface area contributed by atoms with Gasteiger partial charge in [-0.2, -0.15) is 4.98 Å². The van der Waals surface area contributed by atoms with E-state index in [1.165, 1.54) is 0 Å². The van der Waals surface area contributed by atoms with Gasteiger partial charge in [0.25, 0.3) is 5.88 Å². The number of anilines is 1. The summed E-state index contributed by atoms with van der Waals surface area (Å²) in [6.07, 6.45) is 4.12. The highest BCUT2D eigenvalue weighted by Gasteiger charge is 2.31. The van der Waals surface area contributed by atoms with Crippen molar-refractivity contribution in [2.75, 3.05) is 5.32 Å². The van der Waals surface area contributed by atoms with Gasteiger partial charge in [0, 0.05) is 16.2 Å². The standard InChI is InChI=1S/C12H17N2O3P/c1-3-12(4-2)8-7-9-5-6-10(17-18(15)16)13-11(9)14-12/h5-6H,3-4,7-8H2,1-2H3,(H-,13,14,15,16)/p+1. The third kappa shape index (κ3) is 2.62. The lowest BCUT2D eigenvalue weighted by Gasteiger charge is -2.38. The minimum absolute atomic E-state index is 0.0834. The summed E-state index contributed by atoms with van der Waals surface area (Å²) in [7, 11) is -2.66. The average Bonchev–Trinajstić information content (AvgIpc) is 2.37. The molecule has 0 aliphatic carbocycles. The summed E-state index contributed by atoms with van der Waals surface area (Å²) in [5, 5.41) is 3.46. The van der Waals surface area contributed by atoms with Crippen molar-refractivity contribution in [1.29, 1.82) is 0 Å². The second-order valence-electron chi connectivity index (χ2n) is 4.60. The molecule has 2 rings (SSSR count). The molecule has 1 aromatic rings. The Morgan fingerprint density at radius 1 is 1.50 bits per heavy atom. The molecule has 0 fully saturated rings. The molecule has 0 saturated heterocycles. The number of hydrogen-bond acceptors (Lipinski definition) is 4. The Balaban J connectivity index is 2.26. The van der Waals surface area contributed by atoms with Gasteiger partial charge in [0.05, 0.1) is 0 Å². The van der Waals surface area contributed by atoms with Crippen LogP contribution in [0.25, 0.3) is 0 Å². The van der Waals surface area contributed by atoms with Gasteiger partial charge < -0.3 is 5.32 Å². The highest BCUT2D eigenvalue weighted by atomic mass is 31.1. The number of fused-ring (bicyclic) bond motifs is 1. The highest BCUT2D eigenvalue weighted by molar-refractivity contribution is 7.32. The number of nitrogens with one attached hydrogen (secondary N) is 1. The fraction of sp³-hybridized carbons (Fsp3) is 0.583. The summed E-state index contributed by atoms with van der Waals surface area (Å²) in [5.74, 6) is 0.965. The quantitative estimate of drug-likeness (QED) is 0.822. The Labute approximate surface area is 108 Å². The Kier molecular flexibility index (Phi) is 3.83. The summed E-state index contributed by atoms with van der Waals surface area (Å²) in [6.45, 7) is 4.32. The van der Waals surface area contributed by atoms with Crippen molar-refractivity contribution < 1.29 is 14.0 Å². The van der Waals surface area contributed by atoms with Crippen LogP contribution in [0.15, 0.2) is 12.1 Å². The van der Waals surface area contributed by atoms with E-state index in [0.29, 0.717) is 0 Å². The van der Waals surface area contributed by atoms with Crippen LogP contribution in [-0.2, 0) is 11.0 Å². The molecule has 1 aliphatic heterocycles. The molecule has 5 nitrogen and oxygen atoms in total. The lowest BCUT2D eigenvalue weighted by molar-refractivity contribution is 0.385. The molecule has 0 radical (unpaired) electrons. The van der Waals surface area contributed by atoms with Crippen molar-refractivity contribution in [2.45, 2.75) is 45.1 Å². The van der Waals surface area contributed by atoms with Crippen LogP contribution < -0.4 is 9.84 Å². The summed E-state index contributed by atoms with van der Waals surface area (Å²) >= 11 is 0. The topological polar surface area (TPSA) is 71.5 Å². The largest absolute Gasteiger partial charge is 0.749 e. The van der Waals surface area contributed by atoms with Crippen LogP contribution in [0.3, 0.4) is 0 Å². The van der Waals surface area contributed by atoms with Crippen molar-refractivity contribution in [3.05, 3.63) is 17.7 Å². The molecule has 0 saturated carbocycles. The van der Waals surface area contributed by atoms with Gasteiger partial charge in [-0.05, 0) is 37.3 Å². The van der Waals surface area contributed by atoms with Crippen molar-refractivity contribution in [2.24, 2.45) is 0 Å². The lowest BCUT2D eigenvalue weighted by Crippen LogP contribution is -2.40. The molecule has 98 valence electrons. The van der Waals surface area contributed by atoms with Gasteiger partial charge >= 0.3 is 8.25 Å². The van der Waals surface area contributed by atoms with Crippen LogP contribution >= 0.6 is 8.25 Å². The molecular formula is C12H18N2O3P+. The summed E-state index contributed by atoms with van der Waals surface area (Å²) in [5.41, 5.74) is 1.22. The molecule has 6 heteroatoms. The summed E-state index contributed by atoms with van der Waals surface area (Å²) in [6, 6.07) is 3.54. The zero-order chi connectivity index (χ0) is 13.2. The lowest BCUT2D eigenvalue weighted by atomic mass is 9.83. The third-order valence-electron chi connectivity index (χ3n) is 3.73. The Hall–Kier alpha value is -1.19. The van der Waals surface area contributed by atoms with E-state index in [1.807, 2.05) is 6.07 Å².